The molecular formula is C14H16F2N2O2S. The molecule has 1 spiro atoms. The Balaban J connectivity index is 1.59. The fraction of sp³-hybridized carbons (Fsp3) is 0.500. The Hall–Kier alpha value is -1.31. The average Bonchev–Trinajstić information content (AvgIpc) is 2.91. The second-order valence-corrected chi connectivity index (χ2v) is 5.54. The summed E-state index contributed by atoms with van der Waals surface area (Å²) < 4.78 is 37.8. The highest BCUT2D eigenvalue weighted by molar-refractivity contribution is 7.80. The Morgan fingerprint density at radius 2 is 1.86 bits per heavy atom. The minimum atomic E-state index is -0.659. The van der Waals surface area contributed by atoms with E-state index in [4.69, 9.17) is 21.7 Å². The van der Waals surface area contributed by atoms with E-state index in [-0.39, 0.29) is 5.69 Å². The molecule has 2 fully saturated rings. The van der Waals surface area contributed by atoms with E-state index in [1.165, 1.54) is 12.1 Å². The zero-order valence-corrected chi connectivity index (χ0v) is 12.2. The van der Waals surface area contributed by atoms with Crippen LogP contribution in [0.1, 0.15) is 12.8 Å². The van der Waals surface area contributed by atoms with Gasteiger partial charge in [0.25, 0.3) is 0 Å². The zero-order chi connectivity index (χ0) is 14.9. The molecule has 1 N–H and O–H groups in total. The summed E-state index contributed by atoms with van der Waals surface area (Å²) in [6, 6.07) is 3.36. The second-order valence-electron chi connectivity index (χ2n) is 5.15. The van der Waals surface area contributed by atoms with Gasteiger partial charge in [-0.2, -0.15) is 0 Å². The molecular weight excluding hydrogens is 298 g/mol. The first-order valence-electron chi connectivity index (χ1n) is 6.87. The molecule has 0 bridgehead atoms. The molecule has 0 atom stereocenters. The number of halogens is 2. The van der Waals surface area contributed by atoms with E-state index < -0.39 is 17.4 Å². The third kappa shape index (κ3) is 3.14. The average molecular weight is 314 g/mol. The summed E-state index contributed by atoms with van der Waals surface area (Å²) in [5.74, 6) is -1.74. The van der Waals surface area contributed by atoms with Crippen LogP contribution in [0, 0.1) is 11.6 Å². The van der Waals surface area contributed by atoms with Crippen LogP contribution in [0.15, 0.2) is 18.2 Å². The van der Waals surface area contributed by atoms with Gasteiger partial charge in [-0.1, -0.05) is 0 Å². The van der Waals surface area contributed by atoms with Crippen LogP contribution in [0.4, 0.5) is 14.5 Å². The molecule has 0 saturated carbocycles. The van der Waals surface area contributed by atoms with Crippen molar-refractivity contribution in [3.8, 4) is 0 Å². The van der Waals surface area contributed by atoms with Crippen LogP contribution in [0.3, 0.4) is 0 Å². The van der Waals surface area contributed by atoms with Crippen LogP contribution in [0.2, 0.25) is 0 Å². The van der Waals surface area contributed by atoms with Crippen molar-refractivity contribution >= 4 is 23.0 Å². The van der Waals surface area contributed by atoms with Crippen molar-refractivity contribution in [1.82, 2.24) is 4.90 Å². The lowest BCUT2D eigenvalue weighted by Gasteiger charge is -2.38. The fourth-order valence-corrected chi connectivity index (χ4v) is 2.91. The molecule has 0 radical (unpaired) electrons. The second kappa shape index (κ2) is 5.82. The molecule has 7 heteroatoms. The maximum Gasteiger partial charge on any atom is 0.173 e. The number of hydrogen-bond donors (Lipinski definition) is 1. The standard InChI is InChI=1S/C14H16F2N2O2S/c15-10-1-2-12(11(16)9-10)17-13(21)18-5-3-14(4-6-18)19-7-8-20-14/h1-2,9H,3-8H2,(H,17,21). The van der Waals surface area contributed by atoms with Gasteiger partial charge < -0.3 is 19.7 Å². The number of hydrogen-bond acceptors (Lipinski definition) is 3. The summed E-state index contributed by atoms with van der Waals surface area (Å²) in [5, 5.41) is 3.24. The third-order valence-corrected chi connectivity index (χ3v) is 4.16. The number of thiocarbonyl (C=S) groups is 1. The van der Waals surface area contributed by atoms with Gasteiger partial charge in [0.2, 0.25) is 0 Å². The predicted octanol–water partition coefficient (Wildman–Crippen LogP) is 2.50. The molecule has 0 amide bonds. The van der Waals surface area contributed by atoms with Crippen LogP contribution in [-0.2, 0) is 9.47 Å². The molecule has 21 heavy (non-hydrogen) atoms. The Bertz CT molecular complexity index is 540. The first kappa shape index (κ1) is 14.6. The lowest BCUT2D eigenvalue weighted by Crippen LogP contribution is -2.48. The van der Waals surface area contributed by atoms with E-state index in [2.05, 4.69) is 5.32 Å². The van der Waals surface area contributed by atoms with Gasteiger partial charge in [0.05, 0.1) is 18.9 Å². The molecule has 1 aromatic carbocycles. The number of likely N-dealkylation sites (tertiary alicyclic amines) is 1. The smallest absolute Gasteiger partial charge is 0.173 e. The first-order chi connectivity index (χ1) is 10.1. The van der Waals surface area contributed by atoms with E-state index in [0.29, 0.717) is 31.4 Å². The number of ether oxygens (including phenoxy) is 2. The topological polar surface area (TPSA) is 33.7 Å². The van der Waals surface area contributed by atoms with Crippen LogP contribution >= 0.6 is 12.2 Å². The molecule has 0 unspecified atom stereocenters. The maximum absolute atomic E-state index is 13.6. The van der Waals surface area contributed by atoms with Crippen LogP contribution in [0.25, 0.3) is 0 Å². The van der Waals surface area contributed by atoms with Crippen molar-refractivity contribution in [2.45, 2.75) is 18.6 Å². The van der Waals surface area contributed by atoms with Crippen LogP contribution in [0.5, 0.6) is 0 Å². The molecule has 4 nitrogen and oxygen atoms in total. The van der Waals surface area contributed by atoms with Crippen molar-refractivity contribution in [3.05, 3.63) is 29.8 Å². The molecule has 2 aliphatic heterocycles. The zero-order valence-electron chi connectivity index (χ0n) is 11.4. The van der Waals surface area contributed by atoms with Crippen molar-refractivity contribution in [3.63, 3.8) is 0 Å². The van der Waals surface area contributed by atoms with Crippen molar-refractivity contribution in [2.75, 3.05) is 31.6 Å². The van der Waals surface area contributed by atoms with Gasteiger partial charge in [-0.25, -0.2) is 8.78 Å². The van der Waals surface area contributed by atoms with Gasteiger partial charge in [0, 0.05) is 32.0 Å². The van der Waals surface area contributed by atoms with Gasteiger partial charge in [-0.15, -0.1) is 0 Å². The molecule has 2 saturated heterocycles. The highest BCUT2D eigenvalue weighted by Gasteiger charge is 2.40. The summed E-state index contributed by atoms with van der Waals surface area (Å²) in [4.78, 5) is 1.94. The highest BCUT2D eigenvalue weighted by atomic mass is 32.1. The number of rotatable bonds is 1. The Kier molecular flexibility index (Phi) is 4.05. The van der Waals surface area contributed by atoms with E-state index in [0.717, 1.165) is 18.9 Å². The molecule has 3 rings (SSSR count). The van der Waals surface area contributed by atoms with Gasteiger partial charge in [0.1, 0.15) is 11.6 Å². The molecule has 2 heterocycles. The van der Waals surface area contributed by atoms with Gasteiger partial charge in [-0.3, -0.25) is 0 Å². The fourth-order valence-electron chi connectivity index (χ4n) is 2.62. The number of nitrogens with one attached hydrogen (secondary N) is 1. The molecule has 114 valence electrons. The number of anilines is 1. The SMILES string of the molecule is Fc1ccc(NC(=S)N2CCC3(CC2)OCCO3)c(F)c1. The van der Waals surface area contributed by atoms with Crippen LogP contribution in [-0.4, -0.2) is 42.1 Å². The van der Waals surface area contributed by atoms with Gasteiger partial charge >= 0.3 is 0 Å². The molecule has 2 aliphatic rings. The van der Waals surface area contributed by atoms with E-state index in [1.54, 1.807) is 0 Å². The van der Waals surface area contributed by atoms with Crippen molar-refractivity contribution in [1.29, 1.82) is 0 Å². The van der Waals surface area contributed by atoms with E-state index >= 15 is 0 Å². The molecule has 1 aromatic rings. The van der Waals surface area contributed by atoms with Gasteiger partial charge in [-0.05, 0) is 24.4 Å². The first-order valence-corrected chi connectivity index (χ1v) is 7.28. The highest BCUT2D eigenvalue weighted by Crippen LogP contribution is 2.31. The quantitative estimate of drug-likeness (QED) is 0.806. The summed E-state index contributed by atoms with van der Waals surface area (Å²) in [6.45, 7) is 2.61. The minimum absolute atomic E-state index is 0.176. The molecule has 0 aliphatic carbocycles. The van der Waals surface area contributed by atoms with Crippen molar-refractivity contribution < 1.29 is 18.3 Å². The van der Waals surface area contributed by atoms with Crippen molar-refractivity contribution in [2.24, 2.45) is 0 Å². The number of piperidine rings is 1. The Morgan fingerprint density at radius 1 is 1.19 bits per heavy atom. The van der Waals surface area contributed by atoms with E-state index in [1.807, 2.05) is 4.90 Å². The third-order valence-electron chi connectivity index (χ3n) is 3.80. The summed E-state index contributed by atoms with van der Waals surface area (Å²) in [5.41, 5.74) is 0.176. The lowest BCUT2D eigenvalue weighted by atomic mass is 10.0. The molecule has 0 aromatic heterocycles. The number of benzene rings is 1. The normalized spacial score (nSPS) is 20.8. The van der Waals surface area contributed by atoms with E-state index in [9.17, 15) is 8.78 Å². The van der Waals surface area contributed by atoms with Crippen LogP contribution < -0.4 is 5.32 Å². The number of nitrogens with zero attached hydrogens (tertiary/aromatic N) is 1. The monoisotopic (exact) mass is 314 g/mol. The minimum Gasteiger partial charge on any atom is -0.349 e. The Labute approximate surface area is 127 Å². The largest absolute Gasteiger partial charge is 0.349 e. The summed E-state index contributed by atoms with van der Waals surface area (Å²) in [6.07, 6.45) is 1.45. The predicted molar refractivity (Wildman–Crippen MR) is 78.0 cm³/mol. The van der Waals surface area contributed by atoms with Gasteiger partial charge in [0.15, 0.2) is 10.9 Å². The summed E-state index contributed by atoms with van der Waals surface area (Å²) in [7, 11) is 0. The lowest BCUT2D eigenvalue weighted by molar-refractivity contribution is -0.180. The Morgan fingerprint density at radius 3 is 2.48 bits per heavy atom. The summed E-state index contributed by atoms with van der Waals surface area (Å²) >= 11 is 5.28. The maximum atomic E-state index is 13.6.